The van der Waals surface area contributed by atoms with Gasteiger partial charge in [-0.3, -0.25) is 9.59 Å². The minimum atomic E-state index is -0.826. The summed E-state index contributed by atoms with van der Waals surface area (Å²) in [6, 6.07) is 8.16. The minimum Gasteiger partial charge on any atom is -0.374 e. The highest BCUT2D eigenvalue weighted by Gasteiger charge is 2.23. The number of fused-ring (bicyclic) bond motifs is 1. The first kappa shape index (κ1) is 17.8. The molecule has 0 saturated carbocycles. The Bertz CT molecular complexity index is 850. The van der Waals surface area contributed by atoms with Crippen LogP contribution in [0.15, 0.2) is 36.4 Å². The van der Waals surface area contributed by atoms with Crippen LogP contribution in [-0.2, 0) is 16.0 Å². The SMILES string of the molecule is CC(=O)N1CCc2cc(N[C@@H](C)C(=O)Nc3c(F)cccc3F)ccc21. The highest BCUT2D eigenvalue weighted by atomic mass is 19.1. The van der Waals surface area contributed by atoms with Crippen molar-refractivity contribution in [2.75, 3.05) is 22.1 Å². The fourth-order valence-corrected chi connectivity index (χ4v) is 2.98. The number of anilines is 3. The van der Waals surface area contributed by atoms with Gasteiger partial charge >= 0.3 is 0 Å². The lowest BCUT2D eigenvalue weighted by Crippen LogP contribution is -2.32. The molecule has 0 unspecified atom stereocenters. The number of benzene rings is 2. The van der Waals surface area contributed by atoms with E-state index in [9.17, 15) is 18.4 Å². The summed E-state index contributed by atoms with van der Waals surface area (Å²) in [7, 11) is 0. The molecule has 0 fully saturated rings. The molecule has 136 valence electrons. The first-order valence-electron chi connectivity index (χ1n) is 8.29. The molecule has 0 saturated heterocycles. The van der Waals surface area contributed by atoms with Crippen LogP contribution in [-0.4, -0.2) is 24.4 Å². The highest BCUT2D eigenvalue weighted by molar-refractivity contribution is 5.97. The molecule has 0 aromatic heterocycles. The Balaban J connectivity index is 1.69. The number of nitrogens with one attached hydrogen (secondary N) is 2. The Morgan fingerprint density at radius 2 is 1.85 bits per heavy atom. The van der Waals surface area contributed by atoms with Gasteiger partial charge in [-0.15, -0.1) is 0 Å². The van der Waals surface area contributed by atoms with E-state index in [2.05, 4.69) is 10.6 Å². The number of nitrogens with zero attached hydrogens (tertiary/aromatic N) is 1. The van der Waals surface area contributed by atoms with E-state index in [0.29, 0.717) is 12.2 Å². The van der Waals surface area contributed by atoms with Crippen LogP contribution >= 0.6 is 0 Å². The number of hydrogen-bond acceptors (Lipinski definition) is 3. The highest BCUT2D eigenvalue weighted by Crippen LogP contribution is 2.30. The zero-order valence-electron chi connectivity index (χ0n) is 14.5. The van der Waals surface area contributed by atoms with Crippen molar-refractivity contribution < 1.29 is 18.4 Å². The fourth-order valence-electron chi connectivity index (χ4n) is 2.98. The zero-order valence-corrected chi connectivity index (χ0v) is 14.5. The molecule has 5 nitrogen and oxygen atoms in total. The van der Waals surface area contributed by atoms with Crippen molar-refractivity contribution in [1.29, 1.82) is 0 Å². The lowest BCUT2D eigenvalue weighted by molar-refractivity contribution is -0.117. The Morgan fingerprint density at radius 1 is 1.15 bits per heavy atom. The van der Waals surface area contributed by atoms with Crippen molar-refractivity contribution in [3.63, 3.8) is 0 Å². The Hall–Kier alpha value is -2.96. The largest absolute Gasteiger partial charge is 0.374 e. The van der Waals surface area contributed by atoms with Crippen molar-refractivity contribution in [3.8, 4) is 0 Å². The molecular weight excluding hydrogens is 340 g/mol. The first-order valence-corrected chi connectivity index (χ1v) is 8.29. The van der Waals surface area contributed by atoms with Crippen molar-refractivity contribution >= 4 is 28.9 Å². The van der Waals surface area contributed by atoms with Gasteiger partial charge in [0.1, 0.15) is 23.4 Å². The van der Waals surface area contributed by atoms with Gasteiger partial charge in [-0.25, -0.2) is 8.78 Å². The molecule has 2 N–H and O–H groups in total. The topological polar surface area (TPSA) is 61.4 Å². The quantitative estimate of drug-likeness (QED) is 0.880. The molecule has 3 rings (SSSR count). The maximum Gasteiger partial charge on any atom is 0.246 e. The molecule has 0 radical (unpaired) electrons. The molecule has 0 aliphatic carbocycles. The number of amides is 2. The number of halogens is 2. The van der Waals surface area contributed by atoms with Crippen LogP contribution in [0, 0.1) is 11.6 Å². The molecule has 2 aromatic rings. The van der Waals surface area contributed by atoms with Crippen molar-refractivity contribution in [2.24, 2.45) is 0 Å². The van der Waals surface area contributed by atoms with E-state index in [1.165, 1.54) is 13.0 Å². The van der Waals surface area contributed by atoms with E-state index < -0.39 is 29.3 Å². The van der Waals surface area contributed by atoms with E-state index in [0.717, 1.165) is 29.8 Å². The summed E-state index contributed by atoms with van der Waals surface area (Å²) in [5.41, 5.74) is 2.12. The molecule has 2 amide bonds. The van der Waals surface area contributed by atoms with Crippen molar-refractivity contribution in [3.05, 3.63) is 53.6 Å². The standard InChI is InChI=1S/C19H19F2N3O2/c1-11(19(26)23-18-15(20)4-3-5-16(18)21)22-14-6-7-17-13(10-14)8-9-24(17)12(2)25/h3-7,10-11,22H,8-9H2,1-2H3,(H,23,26)/t11-/m0/s1. The van der Waals surface area contributed by atoms with Crippen molar-refractivity contribution in [1.82, 2.24) is 0 Å². The normalized spacial score (nSPS) is 13.9. The van der Waals surface area contributed by atoms with E-state index in [-0.39, 0.29) is 5.91 Å². The van der Waals surface area contributed by atoms with Gasteiger partial charge < -0.3 is 15.5 Å². The first-order chi connectivity index (χ1) is 12.4. The summed E-state index contributed by atoms with van der Waals surface area (Å²) >= 11 is 0. The molecular formula is C19H19F2N3O2. The molecule has 1 atom stereocenters. The summed E-state index contributed by atoms with van der Waals surface area (Å²) in [5.74, 6) is -2.22. The van der Waals surface area contributed by atoms with Crippen LogP contribution in [0.5, 0.6) is 0 Å². The minimum absolute atomic E-state index is 0.0101. The molecule has 0 spiro atoms. The van der Waals surface area contributed by atoms with Crippen LogP contribution in [0.25, 0.3) is 0 Å². The van der Waals surface area contributed by atoms with Gasteiger partial charge in [0.2, 0.25) is 11.8 Å². The van der Waals surface area contributed by atoms with E-state index in [1.54, 1.807) is 17.9 Å². The van der Waals surface area contributed by atoms with Gasteiger partial charge in [0, 0.05) is 24.8 Å². The van der Waals surface area contributed by atoms with Gasteiger partial charge in [0.05, 0.1) is 0 Å². The van der Waals surface area contributed by atoms with Gasteiger partial charge in [-0.05, 0) is 49.2 Å². The van der Waals surface area contributed by atoms with Crippen LogP contribution in [0.1, 0.15) is 19.4 Å². The Kier molecular flexibility index (Phi) is 4.88. The molecule has 2 aromatic carbocycles. The second kappa shape index (κ2) is 7.11. The fraction of sp³-hybridized carbons (Fsp3) is 0.263. The zero-order chi connectivity index (χ0) is 18.8. The van der Waals surface area contributed by atoms with Crippen LogP contribution < -0.4 is 15.5 Å². The Morgan fingerprint density at radius 3 is 2.50 bits per heavy atom. The molecule has 26 heavy (non-hydrogen) atoms. The second-order valence-electron chi connectivity index (χ2n) is 6.22. The van der Waals surface area contributed by atoms with E-state index >= 15 is 0 Å². The molecule has 1 aliphatic heterocycles. The van der Waals surface area contributed by atoms with Gasteiger partial charge in [0.25, 0.3) is 0 Å². The van der Waals surface area contributed by atoms with Gasteiger partial charge in [-0.2, -0.15) is 0 Å². The Labute approximate surface area is 150 Å². The van der Waals surface area contributed by atoms with Crippen LogP contribution in [0.4, 0.5) is 25.8 Å². The summed E-state index contributed by atoms with van der Waals surface area (Å²) in [6.07, 6.45) is 0.742. The lowest BCUT2D eigenvalue weighted by Gasteiger charge is -2.18. The summed E-state index contributed by atoms with van der Waals surface area (Å²) in [4.78, 5) is 25.5. The van der Waals surface area contributed by atoms with E-state index in [4.69, 9.17) is 0 Å². The summed E-state index contributed by atoms with van der Waals surface area (Å²) < 4.78 is 27.3. The third-order valence-electron chi connectivity index (χ3n) is 4.34. The predicted molar refractivity (Wildman–Crippen MR) is 96.2 cm³/mol. The molecule has 1 heterocycles. The number of carbonyl (C=O) groups is 2. The lowest BCUT2D eigenvalue weighted by atomic mass is 10.1. The second-order valence-corrected chi connectivity index (χ2v) is 6.22. The number of rotatable bonds is 4. The average molecular weight is 359 g/mol. The predicted octanol–water partition coefficient (Wildman–Crippen LogP) is 3.31. The average Bonchev–Trinajstić information content (AvgIpc) is 3.01. The maximum absolute atomic E-state index is 13.6. The third-order valence-corrected chi connectivity index (χ3v) is 4.34. The molecule has 1 aliphatic rings. The van der Waals surface area contributed by atoms with E-state index in [1.807, 2.05) is 12.1 Å². The van der Waals surface area contributed by atoms with Crippen LogP contribution in [0.2, 0.25) is 0 Å². The number of carbonyl (C=O) groups excluding carboxylic acids is 2. The number of hydrogen-bond donors (Lipinski definition) is 2. The molecule has 7 heteroatoms. The monoisotopic (exact) mass is 359 g/mol. The van der Waals surface area contributed by atoms with Crippen molar-refractivity contribution in [2.45, 2.75) is 26.3 Å². The van der Waals surface area contributed by atoms with Crippen LogP contribution in [0.3, 0.4) is 0 Å². The van der Waals surface area contributed by atoms with Gasteiger partial charge in [0.15, 0.2) is 0 Å². The molecule has 0 bridgehead atoms. The third kappa shape index (κ3) is 3.51. The maximum atomic E-state index is 13.6. The smallest absolute Gasteiger partial charge is 0.246 e. The summed E-state index contributed by atoms with van der Waals surface area (Å²) in [5, 5.41) is 5.28. The number of para-hydroxylation sites is 1. The van der Waals surface area contributed by atoms with Gasteiger partial charge in [-0.1, -0.05) is 6.07 Å². The summed E-state index contributed by atoms with van der Waals surface area (Å²) in [6.45, 7) is 3.76.